The maximum absolute atomic E-state index is 14.2. The van der Waals surface area contributed by atoms with Gasteiger partial charge in [-0.05, 0) is 42.7 Å². The first-order chi connectivity index (χ1) is 19.1. The van der Waals surface area contributed by atoms with Crippen LogP contribution in [0.15, 0.2) is 48.9 Å². The highest BCUT2D eigenvalue weighted by Gasteiger charge is 2.54. The third-order valence-electron chi connectivity index (χ3n) is 8.16. The topological polar surface area (TPSA) is 89.0 Å². The van der Waals surface area contributed by atoms with Crippen LogP contribution in [0.25, 0.3) is 0 Å². The molecular formula is C29H30FN5O4. The molecule has 3 aliphatic heterocycles. The summed E-state index contributed by atoms with van der Waals surface area (Å²) in [5, 5.41) is 3.40. The number of carbonyl (C=O) groups excluding carboxylic acids is 1. The molecule has 0 unspecified atom stereocenters. The average molecular weight is 532 g/mol. The molecule has 2 aromatic carbocycles. The molecule has 1 amide bonds. The highest BCUT2D eigenvalue weighted by atomic mass is 19.1. The third kappa shape index (κ3) is 4.57. The standard InChI is InChI=1S/C29H30FN5O4/c30-20-4-5-25(22(10-20)28(36)34-6-8-37-9-7-34)39-26-15-32-18-33-27(26)35-16-29(17-35)11-21(12-29)38-24-3-1-2-19-13-31-14-23(19)24/h1-5,10,15,18,21,31H,6-9,11-14,16-17H2. The smallest absolute Gasteiger partial charge is 0.257 e. The molecule has 3 fully saturated rings. The minimum Gasteiger partial charge on any atom is -0.490 e. The molecule has 1 aliphatic carbocycles. The lowest BCUT2D eigenvalue weighted by molar-refractivity contribution is -0.0348. The number of ether oxygens (including phenoxy) is 3. The van der Waals surface area contributed by atoms with E-state index in [0.29, 0.717) is 37.9 Å². The number of nitrogens with zero attached hydrogens (tertiary/aromatic N) is 4. The van der Waals surface area contributed by atoms with Gasteiger partial charge in [0.25, 0.3) is 5.91 Å². The molecule has 0 bridgehead atoms. The fourth-order valence-electron chi connectivity index (χ4n) is 6.18. The van der Waals surface area contributed by atoms with Gasteiger partial charge >= 0.3 is 0 Å². The van der Waals surface area contributed by atoms with Gasteiger partial charge in [-0.15, -0.1) is 0 Å². The number of halogens is 1. The van der Waals surface area contributed by atoms with Crippen LogP contribution in [0.2, 0.25) is 0 Å². The maximum atomic E-state index is 14.2. The molecule has 0 radical (unpaired) electrons. The summed E-state index contributed by atoms with van der Waals surface area (Å²) in [7, 11) is 0. The van der Waals surface area contributed by atoms with Crippen molar-refractivity contribution in [1.29, 1.82) is 0 Å². The number of benzene rings is 2. The van der Waals surface area contributed by atoms with Gasteiger partial charge in [0.15, 0.2) is 11.6 Å². The zero-order valence-electron chi connectivity index (χ0n) is 21.6. The maximum Gasteiger partial charge on any atom is 0.257 e. The van der Waals surface area contributed by atoms with Crippen LogP contribution in [0.5, 0.6) is 17.2 Å². The Labute approximate surface area is 225 Å². The minimum atomic E-state index is -0.494. The summed E-state index contributed by atoms with van der Waals surface area (Å²) < 4.78 is 32.1. The van der Waals surface area contributed by atoms with Crippen molar-refractivity contribution in [3.8, 4) is 17.2 Å². The van der Waals surface area contributed by atoms with Gasteiger partial charge in [-0.1, -0.05) is 12.1 Å². The number of aromatic nitrogens is 2. The molecule has 9 nitrogen and oxygen atoms in total. The molecule has 0 atom stereocenters. The third-order valence-corrected chi connectivity index (χ3v) is 8.16. The van der Waals surface area contributed by atoms with Crippen LogP contribution in [-0.4, -0.2) is 66.3 Å². The van der Waals surface area contributed by atoms with Crippen LogP contribution in [0.1, 0.15) is 34.3 Å². The Hall–Kier alpha value is -3.76. The van der Waals surface area contributed by atoms with Crippen molar-refractivity contribution in [2.75, 3.05) is 44.3 Å². The molecule has 39 heavy (non-hydrogen) atoms. The van der Waals surface area contributed by atoms with Gasteiger partial charge < -0.3 is 29.3 Å². The van der Waals surface area contributed by atoms with E-state index in [2.05, 4.69) is 38.4 Å². The number of morpholine rings is 1. The summed E-state index contributed by atoms with van der Waals surface area (Å²) in [5.74, 6) is 1.61. The largest absolute Gasteiger partial charge is 0.490 e. The molecule has 1 aromatic heterocycles. The average Bonchev–Trinajstić information content (AvgIpc) is 3.41. The lowest BCUT2D eigenvalue weighted by Crippen LogP contribution is -2.65. The van der Waals surface area contributed by atoms with Crippen LogP contribution in [0, 0.1) is 11.2 Å². The number of carbonyl (C=O) groups is 1. The van der Waals surface area contributed by atoms with Crippen molar-refractivity contribution < 1.29 is 23.4 Å². The molecule has 1 spiro atoms. The zero-order chi connectivity index (χ0) is 26.4. The van der Waals surface area contributed by atoms with E-state index < -0.39 is 5.82 Å². The Morgan fingerprint density at radius 2 is 1.92 bits per heavy atom. The number of fused-ring (bicyclic) bond motifs is 1. The van der Waals surface area contributed by atoms with E-state index in [1.807, 2.05) is 0 Å². The second-order valence-corrected chi connectivity index (χ2v) is 10.9. The fourth-order valence-corrected chi connectivity index (χ4v) is 6.18. The number of amides is 1. The summed E-state index contributed by atoms with van der Waals surface area (Å²) in [6, 6.07) is 10.3. The van der Waals surface area contributed by atoms with E-state index >= 15 is 0 Å². The first-order valence-electron chi connectivity index (χ1n) is 13.4. The molecule has 1 saturated carbocycles. The number of hydrogen-bond acceptors (Lipinski definition) is 8. The van der Waals surface area contributed by atoms with Gasteiger partial charge in [-0.2, -0.15) is 0 Å². The fraction of sp³-hybridized carbons (Fsp3) is 0.414. The van der Waals surface area contributed by atoms with Gasteiger partial charge in [0.1, 0.15) is 29.7 Å². The number of anilines is 1. The van der Waals surface area contributed by atoms with Crippen molar-refractivity contribution in [2.24, 2.45) is 5.41 Å². The van der Waals surface area contributed by atoms with Gasteiger partial charge in [0, 0.05) is 50.2 Å². The lowest BCUT2D eigenvalue weighted by Gasteiger charge is -2.59. The molecule has 1 N–H and O–H groups in total. The Kier molecular flexibility index (Phi) is 6.08. The van der Waals surface area contributed by atoms with Crippen molar-refractivity contribution in [2.45, 2.75) is 32.0 Å². The zero-order valence-corrected chi connectivity index (χ0v) is 21.6. The molecule has 2 saturated heterocycles. The Balaban J connectivity index is 1.02. The predicted molar refractivity (Wildman–Crippen MR) is 141 cm³/mol. The van der Waals surface area contributed by atoms with Crippen LogP contribution in [-0.2, 0) is 17.8 Å². The summed E-state index contributed by atoms with van der Waals surface area (Å²) >= 11 is 0. The molecule has 4 aliphatic rings. The van der Waals surface area contributed by atoms with Crippen LogP contribution in [0.3, 0.4) is 0 Å². The Bertz CT molecular complexity index is 1400. The Morgan fingerprint density at radius 3 is 2.77 bits per heavy atom. The van der Waals surface area contributed by atoms with E-state index in [9.17, 15) is 9.18 Å². The van der Waals surface area contributed by atoms with Gasteiger partial charge in [-0.3, -0.25) is 4.79 Å². The number of rotatable bonds is 6. The summed E-state index contributed by atoms with van der Waals surface area (Å²) in [6.07, 6.45) is 5.30. The van der Waals surface area contributed by atoms with Crippen LogP contribution < -0.4 is 19.7 Å². The molecule has 4 heterocycles. The van der Waals surface area contributed by atoms with Crippen molar-refractivity contribution in [3.63, 3.8) is 0 Å². The second-order valence-electron chi connectivity index (χ2n) is 10.9. The minimum absolute atomic E-state index is 0.174. The first-order valence-corrected chi connectivity index (χ1v) is 13.4. The van der Waals surface area contributed by atoms with E-state index in [-0.39, 0.29) is 28.7 Å². The second kappa shape index (κ2) is 9.77. The predicted octanol–water partition coefficient (Wildman–Crippen LogP) is 3.53. The van der Waals surface area contributed by atoms with Crippen molar-refractivity contribution >= 4 is 11.7 Å². The van der Waals surface area contributed by atoms with E-state index in [1.54, 1.807) is 11.1 Å². The first kappa shape index (κ1) is 24.3. The molecule has 7 rings (SSSR count). The quantitative estimate of drug-likeness (QED) is 0.517. The molecule has 3 aromatic rings. The van der Waals surface area contributed by atoms with Crippen molar-refractivity contribution in [1.82, 2.24) is 20.2 Å². The van der Waals surface area contributed by atoms with Crippen LogP contribution in [0.4, 0.5) is 10.2 Å². The molecule has 202 valence electrons. The van der Waals surface area contributed by atoms with Gasteiger partial charge in [0.05, 0.1) is 25.0 Å². The lowest BCUT2D eigenvalue weighted by atomic mass is 9.61. The highest BCUT2D eigenvalue weighted by molar-refractivity contribution is 5.97. The summed E-state index contributed by atoms with van der Waals surface area (Å²) in [5.41, 5.74) is 2.98. The van der Waals surface area contributed by atoms with E-state index in [4.69, 9.17) is 14.2 Å². The summed E-state index contributed by atoms with van der Waals surface area (Å²) in [6.45, 7) is 5.29. The monoisotopic (exact) mass is 531 g/mol. The number of nitrogens with one attached hydrogen (secondary N) is 1. The van der Waals surface area contributed by atoms with E-state index in [1.165, 1.54) is 35.7 Å². The highest BCUT2D eigenvalue weighted by Crippen LogP contribution is 2.52. The molecular weight excluding hydrogens is 501 g/mol. The van der Waals surface area contributed by atoms with Crippen molar-refractivity contribution in [3.05, 3.63) is 71.4 Å². The molecule has 10 heteroatoms. The number of hydrogen-bond donors (Lipinski definition) is 1. The van der Waals surface area contributed by atoms with Gasteiger partial charge in [-0.25, -0.2) is 14.4 Å². The Morgan fingerprint density at radius 1 is 1.08 bits per heavy atom. The normalized spacial score (nSPS) is 19.8. The summed E-state index contributed by atoms with van der Waals surface area (Å²) in [4.78, 5) is 25.6. The van der Waals surface area contributed by atoms with Gasteiger partial charge in [0.2, 0.25) is 0 Å². The van der Waals surface area contributed by atoms with Crippen LogP contribution >= 0.6 is 0 Å². The van der Waals surface area contributed by atoms with E-state index in [0.717, 1.165) is 44.8 Å². The SMILES string of the molecule is O=C(c1cc(F)ccc1Oc1cncnc1N1CC2(CC(Oc3cccc4c3CNC4)C2)C1)N1CCOCC1.